The molecule has 1 aliphatic rings. The predicted molar refractivity (Wildman–Crippen MR) is 83.9 cm³/mol. The lowest BCUT2D eigenvalue weighted by Crippen LogP contribution is -2.01. The van der Waals surface area contributed by atoms with Crippen LogP contribution in [0.5, 0.6) is 11.5 Å². The molecule has 21 heavy (non-hydrogen) atoms. The number of rotatable bonds is 3. The third-order valence-corrected chi connectivity index (χ3v) is 4.37. The highest BCUT2D eigenvalue weighted by Crippen LogP contribution is 2.49. The second-order valence-corrected chi connectivity index (χ2v) is 6.47. The minimum Gasteiger partial charge on any atom is -0.454 e. The van der Waals surface area contributed by atoms with Gasteiger partial charge in [0.25, 0.3) is 0 Å². The lowest BCUT2D eigenvalue weighted by Gasteiger charge is -2.14. The van der Waals surface area contributed by atoms with E-state index in [0.717, 1.165) is 18.4 Å². The predicted octanol–water partition coefficient (Wildman–Crippen LogP) is 5.56. The van der Waals surface area contributed by atoms with Crippen molar-refractivity contribution in [3.63, 3.8) is 0 Å². The van der Waals surface area contributed by atoms with Crippen molar-refractivity contribution in [3.8, 4) is 11.5 Å². The maximum Gasteiger partial charge on any atom is 0.164 e. The van der Waals surface area contributed by atoms with Crippen LogP contribution in [0.4, 0.5) is 10.1 Å². The van der Waals surface area contributed by atoms with E-state index in [1.807, 2.05) is 6.07 Å². The highest BCUT2D eigenvalue weighted by molar-refractivity contribution is 6.37. The van der Waals surface area contributed by atoms with Crippen molar-refractivity contribution in [1.29, 1.82) is 0 Å². The minimum absolute atomic E-state index is 0.0505. The van der Waals surface area contributed by atoms with Gasteiger partial charge in [-0.2, -0.15) is 0 Å². The van der Waals surface area contributed by atoms with Crippen LogP contribution in [0, 0.1) is 5.82 Å². The van der Waals surface area contributed by atoms with E-state index in [1.165, 1.54) is 6.07 Å². The van der Waals surface area contributed by atoms with Gasteiger partial charge in [0.15, 0.2) is 5.75 Å². The molecule has 5 heteroatoms. The first-order valence-electron chi connectivity index (χ1n) is 6.61. The van der Waals surface area contributed by atoms with Gasteiger partial charge in [-0.15, -0.1) is 0 Å². The second-order valence-electron chi connectivity index (χ2n) is 5.65. The van der Waals surface area contributed by atoms with Crippen LogP contribution >= 0.6 is 23.2 Å². The summed E-state index contributed by atoms with van der Waals surface area (Å²) < 4.78 is 19.5. The normalized spacial score (nSPS) is 15.8. The Morgan fingerprint density at radius 1 is 1.10 bits per heavy atom. The van der Waals surface area contributed by atoms with E-state index >= 15 is 0 Å². The lowest BCUT2D eigenvalue weighted by molar-refractivity contribution is 0.475. The molecule has 2 nitrogen and oxygen atoms in total. The first-order chi connectivity index (χ1) is 9.87. The third-order valence-electron chi connectivity index (χ3n) is 3.81. The van der Waals surface area contributed by atoms with Gasteiger partial charge in [0, 0.05) is 11.8 Å². The smallest absolute Gasteiger partial charge is 0.164 e. The molecule has 0 amide bonds. The molecule has 1 aliphatic carbocycles. The van der Waals surface area contributed by atoms with E-state index in [2.05, 4.69) is 6.92 Å². The topological polar surface area (TPSA) is 35.2 Å². The molecule has 0 spiro atoms. The molecule has 0 radical (unpaired) electrons. The molecule has 0 bridgehead atoms. The zero-order chi connectivity index (χ0) is 15.2. The number of ether oxygens (including phenoxy) is 1. The van der Waals surface area contributed by atoms with Crippen LogP contribution in [0.15, 0.2) is 30.3 Å². The van der Waals surface area contributed by atoms with Crippen LogP contribution in [0.1, 0.15) is 25.3 Å². The van der Waals surface area contributed by atoms with Gasteiger partial charge in [-0.05, 0) is 48.1 Å². The van der Waals surface area contributed by atoms with Gasteiger partial charge in [0.1, 0.15) is 11.6 Å². The Hall–Kier alpha value is -1.45. The Labute approximate surface area is 132 Å². The molecule has 3 rings (SSSR count). The number of benzene rings is 2. The number of anilines is 1. The van der Waals surface area contributed by atoms with Crippen LogP contribution in [-0.4, -0.2) is 0 Å². The Balaban J connectivity index is 1.97. The van der Waals surface area contributed by atoms with Crippen molar-refractivity contribution in [1.82, 2.24) is 0 Å². The number of hydrogen-bond donors (Lipinski definition) is 1. The molecule has 1 saturated carbocycles. The molecule has 0 unspecified atom stereocenters. The summed E-state index contributed by atoms with van der Waals surface area (Å²) in [6, 6.07) is 7.79. The number of halogens is 3. The van der Waals surface area contributed by atoms with E-state index in [9.17, 15) is 4.39 Å². The largest absolute Gasteiger partial charge is 0.454 e. The summed E-state index contributed by atoms with van der Waals surface area (Å²) in [5.74, 6) is 0.329. The summed E-state index contributed by atoms with van der Waals surface area (Å²) in [7, 11) is 0. The Bertz CT molecular complexity index is 690. The second kappa shape index (κ2) is 5.08. The molecule has 2 aromatic carbocycles. The Kier molecular flexibility index (Phi) is 3.50. The zero-order valence-electron chi connectivity index (χ0n) is 11.4. The zero-order valence-corrected chi connectivity index (χ0v) is 12.9. The summed E-state index contributed by atoms with van der Waals surface area (Å²) >= 11 is 12.2. The van der Waals surface area contributed by atoms with Crippen molar-refractivity contribution >= 4 is 28.9 Å². The van der Waals surface area contributed by atoms with Crippen molar-refractivity contribution in [2.24, 2.45) is 0 Å². The number of hydrogen-bond acceptors (Lipinski definition) is 2. The van der Waals surface area contributed by atoms with Gasteiger partial charge in [-0.3, -0.25) is 0 Å². The SMILES string of the molecule is CC1(c2cc(F)cc(Oc3c(Cl)cc(N)cc3Cl)c2)CC1. The molecule has 0 saturated heterocycles. The van der Waals surface area contributed by atoms with Crippen molar-refractivity contribution < 1.29 is 9.13 Å². The van der Waals surface area contributed by atoms with Crippen LogP contribution in [0.2, 0.25) is 10.0 Å². The quantitative estimate of drug-likeness (QED) is 0.750. The molecular formula is C16H14Cl2FNO. The maximum absolute atomic E-state index is 13.8. The van der Waals surface area contributed by atoms with Crippen molar-refractivity contribution in [3.05, 3.63) is 51.8 Å². The van der Waals surface area contributed by atoms with Crippen LogP contribution < -0.4 is 10.5 Å². The molecule has 2 N–H and O–H groups in total. The summed E-state index contributed by atoms with van der Waals surface area (Å²) in [6.07, 6.45) is 2.11. The van der Waals surface area contributed by atoms with Crippen molar-refractivity contribution in [2.45, 2.75) is 25.2 Å². The number of nitrogens with two attached hydrogens (primary N) is 1. The van der Waals surface area contributed by atoms with E-state index in [-0.39, 0.29) is 17.0 Å². The van der Waals surface area contributed by atoms with Crippen LogP contribution in [0.25, 0.3) is 0 Å². The van der Waals surface area contributed by atoms with Crippen LogP contribution in [0.3, 0.4) is 0 Å². The van der Waals surface area contributed by atoms with E-state index < -0.39 is 0 Å². The Morgan fingerprint density at radius 2 is 1.71 bits per heavy atom. The number of nitrogen functional groups attached to an aromatic ring is 1. The van der Waals surface area contributed by atoms with Gasteiger partial charge in [0.2, 0.25) is 0 Å². The molecule has 1 fully saturated rings. The average molecular weight is 326 g/mol. The summed E-state index contributed by atoms with van der Waals surface area (Å²) in [6.45, 7) is 2.11. The van der Waals surface area contributed by atoms with E-state index in [4.69, 9.17) is 33.7 Å². The van der Waals surface area contributed by atoms with Gasteiger partial charge in [0.05, 0.1) is 10.0 Å². The monoisotopic (exact) mass is 325 g/mol. The molecular weight excluding hydrogens is 312 g/mol. The van der Waals surface area contributed by atoms with Gasteiger partial charge in [-0.25, -0.2) is 4.39 Å². The fraction of sp³-hybridized carbons (Fsp3) is 0.250. The first kappa shape index (κ1) is 14.5. The summed E-state index contributed by atoms with van der Waals surface area (Å²) in [5.41, 5.74) is 7.08. The maximum atomic E-state index is 13.8. The lowest BCUT2D eigenvalue weighted by atomic mass is 9.98. The first-order valence-corrected chi connectivity index (χ1v) is 7.36. The highest BCUT2D eigenvalue weighted by atomic mass is 35.5. The summed E-state index contributed by atoms with van der Waals surface area (Å²) in [5, 5.41) is 0.590. The standard InChI is InChI=1S/C16H14Cl2FNO/c1-16(2-3-16)9-4-10(19)6-12(5-9)21-15-13(17)7-11(20)8-14(15)18/h4-8H,2-3,20H2,1H3. The van der Waals surface area contributed by atoms with Crippen molar-refractivity contribution in [2.75, 3.05) is 5.73 Å². The fourth-order valence-corrected chi connectivity index (χ4v) is 2.82. The summed E-state index contributed by atoms with van der Waals surface area (Å²) in [4.78, 5) is 0. The van der Waals surface area contributed by atoms with Crippen LogP contribution in [-0.2, 0) is 5.41 Å². The van der Waals surface area contributed by atoms with Gasteiger partial charge >= 0.3 is 0 Å². The molecule has 0 atom stereocenters. The molecule has 0 aromatic heterocycles. The molecule has 2 aromatic rings. The van der Waals surface area contributed by atoms with E-state index in [1.54, 1.807) is 18.2 Å². The third kappa shape index (κ3) is 2.94. The average Bonchev–Trinajstić information content (AvgIpc) is 3.13. The highest BCUT2D eigenvalue weighted by Gasteiger charge is 2.39. The minimum atomic E-state index is -0.335. The molecule has 110 valence electrons. The molecule has 0 heterocycles. The Morgan fingerprint density at radius 3 is 2.29 bits per heavy atom. The van der Waals surface area contributed by atoms with E-state index in [0.29, 0.717) is 21.5 Å². The van der Waals surface area contributed by atoms with Gasteiger partial charge < -0.3 is 10.5 Å². The molecule has 0 aliphatic heterocycles. The van der Waals surface area contributed by atoms with Gasteiger partial charge in [-0.1, -0.05) is 30.1 Å². The fourth-order valence-electron chi connectivity index (χ4n) is 2.24.